The fourth-order valence-corrected chi connectivity index (χ4v) is 2.74. The molecule has 2 heterocycles. The minimum absolute atomic E-state index is 0.121. The van der Waals surface area contributed by atoms with Crippen molar-refractivity contribution < 1.29 is 14.3 Å². The Hall–Kier alpha value is -3.22. The number of hydrogen-bond donors (Lipinski definition) is 1. The highest BCUT2D eigenvalue weighted by molar-refractivity contribution is 5.93. The number of pyridine rings is 1. The molecule has 1 amide bonds. The number of benzene rings is 1. The first-order valence-corrected chi connectivity index (χ1v) is 8.38. The molecule has 0 aliphatic heterocycles. The Balaban J connectivity index is 1.64. The topological polar surface area (TPSA) is 86.1 Å². The van der Waals surface area contributed by atoms with Crippen LogP contribution in [0.15, 0.2) is 48.8 Å². The van der Waals surface area contributed by atoms with Crippen LogP contribution in [0.1, 0.15) is 22.6 Å². The number of hydrogen-bond acceptors (Lipinski definition) is 5. The van der Waals surface area contributed by atoms with E-state index in [1.165, 1.54) is 7.11 Å². The van der Waals surface area contributed by atoms with Crippen LogP contribution in [0.4, 0.5) is 0 Å². The highest BCUT2D eigenvalue weighted by Gasteiger charge is 2.13. The quantitative estimate of drug-likeness (QED) is 0.519. The van der Waals surface area contributed by atoms with Crippen LogP contribution >= 0.6 is 0 Å². The van der Waals surface area contributed by atoms with Gasteiger partial charge >= 0.3 is 5.97 Å². The standard InChI is InChI=1S/C19H20N4O3/c1-26-18(24)13-23-16-6-3-2-5-15(16)22-17(23)7-4-10-21-19(25)14-8-11-20-12-9-14/h2-3,5-6,8-9,11-12H,4,7,10,13H2,1H3,(H,21,25). The molecule has 0 aliphatic rings. The molecule has 2 aromatic heterocycles. The summed E-state index contributed by atoms with van der Waals surface area (Å²) in [5.41, 5.74) is 2.32. The van der Waals surface area contributed by atoms with Crippen LogP contribution in [0.5, 0.6) is 0 Å². The number of carbonyl (C=O) groups is 2. The second kappa shape index (κ2) is 8.24. The number of methoxy groups -OCH3 is 1. The van der Waals surface area contributed by atoms with E-state index >= 15 is 0 Å². The predicted octanol–water partition coefficient (Wildman–Crippen LogP) is 1.97. The van der Waals surface area contributed by atoms with E-state index in [1.54, 1.807) is 24.5 Å². The van der Waals surface area contributed by atoms with E-state index in [0.717, 1.165) is 16.9 Å². The first kappa shape index (κ1) is 17.6. The van der Waals surface area contributed by atoms with Gasteiger partial charge in [-0.2, -0.15) is 0 Å². The van der Waals surface area contributed by atoms with Crippen molar-refractivity contribution in [3.8, 4) is 0 Å². The molecule has 0 bridgehead atoms. The number of nitrogens with zero attached hydrogens (tertiary/aromatic N) is 3. The van der Waals surface area contributed by atoms with Gasteiger partial charge in [0.2, 0.25) is 0 Å². The molecule has 0 radical (unpaired) electrons. The summed E-state index contributed by atoms with van der Waals surface area (Å²) in [5, 5.41) is 2.88. The van der Waals surface area contributed by atoms with E-state index in [-0.39, 0.29) is 18.4 Å². The van der Waals surface area contributed by atoms with Crippen LogP contribution in [0.3, 0.4) is 0 Å². The summed E-state index contributed by atoms with van der Waals surface area (Å²) in [6, 6.07) is 11.0. The Bertz CT molecular complexity index is 906. The summed E-state index contributed by atoms with van der Waals surface area (Å²) in [4.78, 5) is 32.3. The maximum absolute atomic E-state index is 12.0. The van der Waals surface area contributed by atoms with Gasteiger partial charge in [-0.05, 0) is 30.7 Å². The van der Waals surface area contributed by atoms with Gasteiger partial charge in [0.25, 0.3) is 5.91 Å². The maximum atomic E-state index is 12.0. The third-order valence-electron chi connectivity index (χ3n) is 4.05. The molecule has 0 fully saturated rings. The molecule has 3 aromatic rings. The minimum Gasteiger partial charge on any atom is -0.468 e. The summed E-state index contributed by atoms with van der Waals surface area (Å²) in [5.74, 6) is 0.352. The predicted molar refractivity (Wildman–Crippen MR) is 96.6 cm³/mol. The SMILES string of the molecule is COC(=O)Cn1c(CCCNC(=O)c2ccncc2)nc2ccccc21. The van der Waals surface area contributed by atoms with Crippen LogP contribution in [0.2, 0.25) is 0 Å². The number of aromatic nitrogens is 3. The molecule has 7 heteroatoms. The minimum atomic E-state index is -0.319. The molecule has 1 N–H and O–H groups in total. The number of amides is 1. The van der Waals surface area contributed by atoms with E-state index in [2.05, 4.69) is 15.3 Å². The van der Waals surface area contributed by atoms with Gasteiger partial charge in [0.15, 0.2) is 0 Å². The van der Waals surface area contributed by atoms with Crippen molar-refractivity contribution in [3.05, 3.63) is 60.2 Å². The number of rotatable bonds is 7. The van der Waals surface area contributed by atoms with Crippen LogP contribution in [-0.2, 0) is 22.5 Å². The Morgan fingerprint density at radius 1 is 1.15 bits per heavy atom. The van der Waals surface area contributed by atoms with E-state index in [4.69, 9.17) is 4.74 Å². The van der Waals surface area contributed by atoms with Gasteiger partial charge in [0.05, 0.1) is 18.1 Å². The van der Waals surface area contributed by atoms with E-state index < -0.39 is 0 Å². The van der Waals surface area contributed by atoms with Gasteiger partial charge in [-0.25, -0.2) is 4.98 Å². The van der Waals surface area contributed by atoms with Crippen LogP contribution < -0.4 is 5.32 Å². The van der Waals surface area contributed by atoms with Gasteiger partial charge in [-0.15, -0.1) is 0 Å². The lowest BCUT2D eigenvalue weighted by atomic mass is 10.2. The Morgan fingerprint density at radius 3 is 2.69 bits per heavy atom. The van der Waals surface area contributed by atoms with Crippen molar-refractivity contribution in [3.63, 3.8) is 0 Å². The summed E-state index contributed by atoms with van der Waals surface area (Å²) >= 11 is 0. The molecule has 3 rings (SSSR count). The molecule has 7 nitrogen and oxygen atoms in total. The van der Waals surface area contributed by atoms with Crippen LogP contribution in [-0.4, -0.2) is 40.1 Å². The Kier molecular flexibility index (Phi) is 5.58. The average molecular weight is 352 g/mol. The monoisotopic (exact) mass is 352 g/mol. The Labute approximate surface area is 151 Å². The maximum Gasteiger partial charge on any atom is 0.325 e. The van der Waals surface area contributed by atoms with Crippen LogP contribution in [0.25, 0.3) is 11.0 Å². The summed E-state index contributed by atoms with van der Waals surface area (Å²) in [6.45, 7) is 0.637. The number of aryl methyl sites for hydroxylation is 1. The molecule has 0 spiro atoms. The molecule has 0 unspecified atom stereocenters. The highest BCUT2D eigenvalue weighted by Crippen LogP contribution is 2.17. The average Bonchev–Trinajstić information content (AvgIpc) is 3.03. The molecule has 0 atom stereocenters. The number of imidazole rings is 1. The number of esters is 1. The fourth-order valence-electron chi connectivity index (χ4n) is 2.74. The molecule has 0 saturated heterocycles. The van der Waals surface area contributed by atoms with Crippen LogP contribution in [0, 0.1) is 0 Å². The van der Waals surface area contributed by atoms with Crippen molar-refractivity contribution >= 4 is 22.9 Å². The molecule has 0 saturated carbocycles. The zero-order chi connectivity index (χ0) is 18.4. The lowest BCUT2D eigenvalue weighted by Crippen LogP contribution is -2.25. The largest absolute Gasteiger partial charge is 0.468 e. The number of para-hydroxylation sites is 2. The fraction of sp³-hybridized carbons (Fsp3) is 0.263. The normalized spacial score (nSPS) is 10.7. The van der Waals surface area contributed by atoms with E-state index in [0.29, 0.717) is 24.9 Å². The van der Waals surface area contributed by atoms with Crippen molar-refractivity contribution in [2.75, 3.05) is 13.7 Å². The van der Waals surface area contributed by atoms with E-state index in [1.807, 2.05) is 28.8 Å². The highest BCUT2D eigenvalue weighted by atomic mass is 16.5. The van der Waals surface area contributed by atoms with Crippen molar-refractivity contribution in [1.82, 2.24) is 19.9 Å². The molecule has 26 heavy (non-hydrogen) atoms. The molecule has 1 aromatic carbocycles. The molecular formula is C19H20N4O3. The second-order valence-electron chi connectivity index (χ2n) is 5.77. The smallest absolute Gasteiger partial charge is 0.325 e. The van der Waals surface area contributed by atoms with E-state index in [9.17, 15) is 9.59 Å². The first-order valence-electron chi connectivity index (χ1n) is 8.38. The molecular weight excluding hydrogens is 332 g/mol. The van der Waals surface area contributed by atoms with Crippen molar-refractivity contribution in [2.45, 2.75) is 19.4 Å². The van der Waals surface area contributed by atoms with Gasteiger partial charge in [-0.1, -0.05) is 12.1 Å². The number of ether oxygens (including phenoxy) is 1. The number of carbonyl (C=O) groups excluding carboxylic acids is 2. The number of nitrogens with one attached hydrogen (secondary N) is 1. The third-order valence-corrected chi connectivity index (χ3v) is 4.05. The van der Waals surface area contributed by atoms with Gasteiger partial charge < -0.3 is 14.6 Å². The van der Waals surface area contributed by atoms with Gasteiger partial charge in [-0.3, -0.25) is 14.6 Å². The number of fused-ring (bicyclic) bond motifs is 1. The third kappa shape index (κ3) is 4.05. The van der Waals surface area contributed by atoms with Crippen molar-refractivity contribution in [1.29, 1.82) is 0 Å². The second-order valence-corrected chi connectivity index (χ2v) is 5.77. The zero-order valence-corrected chi connectivity index (χ0v) is 14.5. The lowest BCUT2D eigenvalue weighted by Gasteiger charge is -2.08. The molecule has 134 valence electrons. The van der Waals surface area contributed by atoms with Gasteiger partial charge in [0, 0.05) is 30.9 Å². The lowest BCUT2D eigenvalue weighted by molar-refractivity contribution is -0.141. The summed E-state index contributed by atoms with van der Waals surface area (Å²) in [6.07, 6.45) is 4.53. The summed E-state index contributed by atoms with van der Waals surface area (Å²) in [7, 11) is 1.37. The van der Waals surface area contributed by atoms with Gasteiger partial charge in [0.1, 0.15) is 12.4 Å². The van der Waals surface area contributed by atoms with Crippen molar-refractivity contribution in [2.24, 2.45) is 0 Å². The zero-order valence-electron chi connectivity index (χ0n) is 14.5. The first-order chi connectivity index (χ1) is 12.7. The summed E-state index contributed by atoms with van der Waals surface area (Å²) < 4.78 is 6.65. The Morgan fingerprint density at radius 2 is 1.92 bits per heavy atom. The molecule has 0 aliphatic carbocycles.